The van der Waals surface area contributed by atoms with Crippen LogP contribution in [0.25, 0.3) is 0 Å². The van der Waals surface area contributed by atoms with Gasteiger partial charge in [-0.25, -0.2) is 4.98 Å². The van der Waals surface area contributed by atoms with Crippen LogP contribution in [0.4, 0.5) is 5.82 Å². The van der Waals surface area contributed by atoms with Gasteiger partial charge in [0.05, 0.1) is 0 Å². The number of hydrogen-bond donors (Lipinski definition) is 1. The molecule has 1 aromatic heterocycles. The summed E-state index contributed by atoms with van der Waals surface area (Å²) >= 11 is 3.55. The van der Waals surface area contributed by atoms with E-state index in [1.165, 1.54) is 18.4 Å². The van der Waals surface area contributed by atoms with Crippen molar-refractivity contribution in [1.82, 2.24) is 4.98 Å². The first kappa shape index (κ1) is 14.3. The summed E-state index contributed by atoms with van der Waals surface area (Å²) in [6.07, 6.45) is 6.58. The first-order chi connectivity index (χ1) is 9.67. The van der Waals surface area contributed by atoms with Crippen LogP contribution in [0.3, 0.4) is 0 Å². The summed E-state index contributed by atoms with van der Waals surface area (Å²) < 4.78 is 1.04. The molecule has 0 unspecified atom stereocenters. The number of anilines is 1. The second kappa shape index (κ2) is 5.30. The Morgan fingerprint density at radius 1 is 1.45 bits per heavy atom. The van der Waals surface area contributed by atoms with Gasteiger partial charge in [-0.2, -0.15) is 0 Å². The largest absolute Gasteiger partial charge is 0.396 e. The Morgan fingerprint density at radius 2 is 2.20 bits per heavy atom. The minimum atomic E-state index is 0.178. The first-order valence-electron chi connectivity index (χ1n) is 7.71. The molecule has 1 fully saturated rings. The van der Waals surface area contributed by atoms with Gasteiger partial charge in [0.25, 0.3) is 0 Å². The molecule has 0 aromatic carbocycles. The lowest BCUT2D eigenvalue weighted by Gasteiger charge is -2.47. The summed E-state index contributed by atoms with van der Waals surface area (Å²) in [6, 6.07) is 2.21. The van der Waals surface area contributed by atoms with Gasteiger partial charge in [-0.1, -0.05) is 13.3 Å². The first-order valence-corrected chi connectivity index (χ1v) is 8.51. The third kappa shape index (κ3) is 2.00. The van der Waals surface area contributed by atoms with Crippen molar-refractivity contribution < 1.29 is 5.11 Å². The van der Waals surface area contributed by atoms with Gasteiger partial charge in [0, 0.05) is 35.3 Å². The molecule has 0 radical (unpaired) electrons. The van der Waals surface area contributed by atoms with Crippen LogP contribution in [-0.2, 0) is 0 Å². The summed E-state index contributed by atoms with van der Waals surface area (Å²) in [5.41, 5.74) is 1.50. The zero-order valence-corrected chi connectivity index (χ0v) is 13.9. The second-order valence-electron chi connectivity index (χ2n) is 6.10. The van der Waals surface area contributed by atoms with E-state index in [9.17, 15) is 5.11 Å². The van der Waals surface area contributed by atoms with E-state index in [1.807, 2.05) is 6.20 Å². The lowest BCUT2D eigenvalue weighted by molar-refractivity contribution is 0.155. The zero-order valence-electron chi connectivity index (χ0n) is 12.3. The summed E-state index contributed by atoms with van der Waals surface area (Å²) in [4.78, 5) is 7.15. The molecule has 3 nitrogen and oxygen atoms in total. The maximum atomic E-state index is 10.0. The van der Waals surface area contributed by atoms with Crippen LogP contribution in [0.15, 0.2) is 16.7 Å². The van der Waals surface area contributed by atoms with E-state index < -0.39 is 0 Å². The van der Waals surface area contributed by atoms with Gasteiger partial charge >= 0.3 is 0 Å². The predicted octanol–water partition coefficient (Wildman–Crippen LogP) is 3.71. The van der Waals surface area contributed by atoms with E-state index in [-0.39, 0.29) is 12.1 Å². The molecule has 1 aliphatic heterocycles. The Balaban J connectivity index is 2.13. The van der Waals surface area contributed by atoms with Crippen molar-refractivity contribution in [3.8, 4) is 0 Å². The smallest absolute Gasteiger partial charge is 0.132 e. The Labute approximate surface area is 129 Å². The third-order valence-corrected chi connectivity index (χ3v) is 5.54. The molecule has 0 bridgehead atoms. The highest BCUT2D eigenvalue weighted by Crippen LogP contribution is 2.59. The molecule has 1 saturated carbocycles. The predicted molar refractivity (Wildman–Crippen MR) is 85.1 cm³/mol. The number of aliphatic hydroxyl groups excluding tert-OH is 1. The Morgan fingerprint density at radius 3 is 2.75 bits per heavy atom. The summed E-state index contributed by atoms with van der Waals surface area (Å²) in [6.45, 7) is 5.68. The number of nitrogens with zero attached hydrogens (tertiary/aromatic N) is 2. The maximum Gasteiger partial charge on any atom is 0.132 e. The number of aliphatic hydroxyl groups is 1. The number of rotatable bonds is 4. The molecule has 3 rings (SSSR count). The highest BCUT2D eigenvalue weighted by Gasteiger charge is 2.59. The monoisotopic (exact) mass is 338 g/mol. The molecule has 110 valence electrons. The average Bonchev–Trinajstić information content (AvgIpc) is 3.21. The molecule has 4 heteroatoms. The van der Waals surface area contributed by atoms with E-state index >= 15 is 0 Å². The second-order valence-corrected chi connectivity index (χ2v) is 7.01. The Hall–Kier alpha value is -0.610. The highest BCUT2D eigenvalue weighted by atomic mass is 79.9. The molecule has 1 aromatic rings. The number of pyridine rings is 1. The van der Waals surface area contributed by atoms with Crippen molar-refractivity contribution in [3.05, 3.63) is 22.3 Å². The molecule has 2 heterocycles. The fourth-order valence-corrected chi connectivity index (χ4v) is 4.50. The summed E-state index contributed by atoms with van der Waals surface area (Å²) in [5.74, 6) is 1.94. The van der Waals surface area contributed by atoms with E-state index in [0.29, 0.717) is 11.8 Å². The van der Waals surface area contributed by atoms with Crippen LogP contribution in [0.1, 0.15) is 51.0 Å². The van der Waals surface area contributed by atoms with E-state index in [1.54, 1.807) is 0 Å². The molecule has 0 saturated heterocycles. The van der Waals surface area contributed by atoms with Crippen molar-refractivity contribution in [3.63, 3.8) is 0 Å². The number of halogens is 1. The van der Waals surface area contributed by atoms with Crippen molar-refractivity contribution >= 4 is 21.7 Å². The standard InChI is InChI=1S/C16H23BrN2O/c1-3-5-12-13-8-11(17)9-18-15(13)19(4-2)16(6-7-16)14(12)10-20/h8-9,12,14,20H,3-7,10H2,1-2H3/t12-,14+/m0/s1. The van der Waals surface area contributed by atoms with Gasteiger partial charge in [-0.15, -0.1) is 0 Å². The SMILES string of the molecule is CCC[C@H]1c2cc(Br)cnc2N(CC)C2(CC2)[C@@H]1CO. The van der Waals surface area contributed by atoms with Crippen LogP contribution in [0.2, 0.25) is 0 Å². The molecular formula is C16H23BrN2O. The van der Waals surface area contributed by atoms with Gasteiger partial charge in [-0.05, 0) is 59.7 Å². The molecular weight excluding hydrogens is 316 g/mol. The minimum Gasteiger partial charge on any atom is -0.396 e. The van der Waals surface area contributed by atoms with Crippen molar-refractivity contribution in [2.24, 2.45) is 5.92 Å². The quantitative estimate of drug-likeness (QED) is 0.909. The summed E-state index contributed by atoms with van der Waals surface area (Å²) in [7, 11) is 0. The third-order valence-electron chi connectivity index (χ3n) is 5.11. The van der Waals surface area contributed by atoms with E-state index in [4.69, 9.17) is 4.98 Å². The van der Waals surface area contributed by atoms with Crippen molar-refractivity contribution in [2.75, 3.05) is 18.1 Å². The van der Waals surface area contributed by atoms with Crippen LogP contribution in [0, 0.1) is 5.92 Å². The molecule has 2 aliphatic rings. The van der Waals surface area contributed by atoms with Gasteiger partial charge in [0.2, 0.25) is 0 Å². The lowest BCUT2D eigenvalue weighted by Crippen LogP contribution is -2.51. The van der Waals surface area contributed by atoms with Crippen LogP contribution in [-0.4, -0.2) is 28.8 Å². The average molecular weight is 339 g/mol. The molecule has 1 N–H and O–H groups in total. The fraction of sp³-hybridized carbons (Fsp3) is 0.688. The fourth-order valence-electron chi connectivity index (χ4n) is 4.15. The van der Waals surface area contributed by atoms with Gasteiger partial charge in [0.1, 0.15) is 5.82 Å². The van der Waals surface area contributed by atoms with E-state index in [2.05, 4.69) is 40.7 Å². The van der Waals surface area contributed by atoms with Crippen LogP contribution in [0.5, 0.6) is 0 Å². The molecule has 1 spiro atoms. The van der Waals surface area contributed by atoms with Crippen molar-refractivity contribution in [2.45, 2.75) is 51.0 Å². The molecule has 1 aliphatic carbocycles. The molecule has 2 atom stereocenters. The van der Waals surface area contributed by atoms with Gasteiger partial charge < -0.3 is 10.0 Å². The minimum absolute atomic E-state index is 0.178. The van der Waals surface area contributed by atoms with Crippen LogP contribution < -0.4 is 4.90 Å². The van der Waals surface area contributed by atoms with Crippen LogP contribution >= 0.6 is 15.9 Å². The maximum absolute atomic E-state index is 10.0. The summed E-state index contributed by atoms with van der Waals surface area (Å²) in [5, 5.41) is 10.0. The highest BCUT2D eigenvalue weighted by molar-refractivity contribution is 9.10. The topological polar surface area (TPSA) is 36.4 Å². The van der Waals surface area contributed by atoms with Crippen molar-refractivity contribution in [1.29, 1.82) is 0 Å². The molecule has 0 amide bonds. The number of fused-ring (bicyclic) bond motifs is 1. The van der Waals surface area contributed by atoms with Gasteiger partial charge in [-0.3, -0.25) is 0 Å². The lowest BCUT2D eigenvalue weighted by atomic mass is 9.74. The Bertz CT molecular complexity index is 501. The number of aromatic nitrogens is 1. The molecule has 20 heavy (non-hydrogen) atoms. The van der Waals surface area contributed by atoms with Gasteiger partial charge in [0.15, 0.2) is 0 Å². The normalized spacial score (nSPS) is 26.7. The number of hydrogen-bond acceptors (Lipinski definition) is 3. The Kier molecular flexibility index (Phi) is 3.80. The zero-order chi connectivity index (χ0) is 14.3. The van der Waals surface area contributed by atoms with E-state index in [0.717, 1.165) is 29.7 Å².